The Labute approximate surface area is 208 Å². The minimum absolute atomic E-state index is 0.142. The first-order valence-electron chi connectivity index (χ1n) is 12.4. The average molecular weight is 477 g/mol. The van der Waals surface area contributed by atoms with E-state index in [2.05, 4.69) is 21.9 Å². The van der Waals surface area contributed by atoms with Crippen LogP contribution in [0.5, 0.6) is 0 Å². The lowest BCUT2D eigenvalue weighted by atomic mass is 10.1. The second-order valence-electron chi connectivity index (χ2n) is 9.52. The van der Waals surface area contributed by atoms with Crippen LogP contribution in [-0.4, -0.2) is 89.9 Å². The molecule has 2 aliphatic rings. The zero-order valence-corrected chi connectivity index (χ0v) is 20.9. The predicted octanol–water partition coefficient (Wildman–Crippen LogP) is 2.70. The van der Waals surface area contributed by atoms with Gasteiger partial charge in [-0.1, -0.05) is 49.4 Å². The van der Waals surface area contributed by atoms with Crippen LogP contribution in [0.25, 0.3) is 0 Å². The van der Waals surface area contributed by atoms with Crippen LogP contribution in [-0.2, 0) is 17.6 Å². The Bertz CT molecular complexity index is 1050. The number of carbonyl (C=O) groups is 2. The Morgan fingerprint density at radius 1 is 0.914 bits per heavy atom. The van der Waals surface area contributed by atoms with Gasteiger partial charge in [-0.2, -0.15) is 0 Å². The third-order valence-corrected chi connectivity index (χ3v) is 6.61. The molecule has 0 aromatic heterocycles. The van der Waals surface area contributed by atoms with E-state index in [1.165, 1.54) is 4.90 Å². The summed E-state index contributed by atoms with van der Waals surface area (Å²) in [4.78, 5) is 39.6. The third kappa shape index (κ3) is 5.48. The summed E-state index contributed by atoms with van der Waals surface area (Å²) in [5.74, 6) is 0.723. The summed E-state index contributed by atoms with van der Waals surface area (Å²) in [5.41, 5.74) is 8.78. The van der Waals surface area contributed by atoms with Crippen molar-refractivity contribution in [1.29, 1.82) is 0 Å². The number of urea groups is 1. The second kappa shape index (κ2) is 10.9. The van der Waals surface area contributed by atoms with Crippen molar-refractivity contribution >= 4 is 23.5 Å². The molecule has 2 N–H and O–H groups in total. The molecule has 186 valence electrons. The maximum Gasteiger partial charge on any atom is 0.328 e. The van der Waals surface area contributed by atoms with E-state index in [1.54, 1.807) is 4.90 Å². The number of imide groups is 1. The largest absolute Gasteiger partial charge is 0.399 e. The normalized spacial score (nSPS) is 20.0. The van der Waals surface area contributed by atoms with Gasteiger partial charge in [0.2, 0.25) is 0 Å². The van der Waals surface area contributed by atoms with Crippen LogP contribution in [0.2, 0.25) is 0 Å². The van der Waals surface area contributed by atoms with Gasteiger partial charge in [0, 0.05) is 38.3 Å². The van der Waals surface area contributed by atoms with Crippen molar-refractivity contribution in [2.45, 2.75) is 38.4 Å². The first kappa shape index (κ1) is 24.7. The fourth-order valence-electron chi connectivity index (χ4n) is 4.73. The summed E-state index contributed by atoms with van der Waals surface area (Å²) >= 11 is 0. The van der Waals surface area contributed by atoms with Gasteiger partial charge in [0.15, 0.2) is 12.2 Å². The average Bonchev–Trinajstić information content (AvgIpc) is 3.20. The van der Waals surface area contributed by atoms with Crippen LogP contribution >= 0.6 is 0 Å². The fraction of sp³-hybridized carbons (Fsp3) is 0.444. The van der Waals surface area contributed by atoms with Crippen molar-refractivity contribution in [3.63, 3.8) is 0 Å². The van der Waals surface area contributed by atoms with E-state index in [4.69, 9.17) is 10.7 Å². The highest BCUT2D eigenvalue weighted by molar-refractivity contribution is 6.04. The van der Waals surface area contributed by atoms with Gasteiger partial charge in [0.1, 0.15) is 5.84 Å². The summed E-state index contributed by atoms with van der Waals surface area (Å²) in [6, 6.07) is 17.1. The number of rotatable bonds is 10. The molecule has 0 aliphatic carbocycles. The zero-order chi connectivity index (χ0) is 24.9. The smallest absolute Gasteiger partial charge is 0.328 e. The molecule has 8 heteroatoms. The zero-order valence-electron chi connectivity index (χ0n) is 20.9. The number of nitrogen functional groups attached to an aromatic ring is 1. The van der Waals surface area contributed by atoms with Crippen LogP contribution in [0, 0.1) is 0 Å². The van der Waals surface area contributed by atoms with E-state index in [1.807, 2.05) is 63.5 Å². The van der Waals surface area contributed by atoms with Crippen molar-refractivity contribution < 1.29 is 9.59 Å². The van der Waals surface area contributed by atoms with Gasteiger partial charge in [-0.3, -0.25) is 14.6 Å². The Balaban J connectivity index is 1.65. The Hall–Kier alpha value is -3.39. The molecule has 0 spiro atoms. The van der Waals surface area contributed by atoms with Gasteiger partial charge in [0.05, 0.1) is 0 Å². The number of anilines is 1. The molecule has 2 aliphatic heterocycles. The van der Waals surface area contributed by atoms with Crippen molar-refractivity contribution in [3.8, 4) is 0 Å². The molecule has 35 heavy (non-hydrogen) atoms. The molecule has 2 atom stereocenters. The molecule has 0 bridgehead atoms. The first-order valence-corrected chi connectivity index (χ1v) is 12.4. The molecular formula is C27H36N6O2. The Kier molecular flexibility index (Phi) is 7.70. The molecule has 1 saturated heterocycles. The number of carbonyl (C=O) groups excluding carboxylic acids is 2. The van der Waals surface area contributed by atoms with Crippen molar-refractivity contribution in [2.24, 2.45) is 4.99 Å². The minimum atomic E-state index is -0.516. The number of benzene rings is 2. The highest BCUT2D eigenvalue weighted by Gasteiger charge is 2.52. The summed E-state index contributed by atoms with van der Waals surface area (Å²) in [5, 5.41) is 0. The predicted molar refractivity (Wildman–Crippen MR) is 139 cm³/mol. The molecule has 2 unspecified atom stereocenters. The lowest BCUT2D eigenvalue weighted by molar-refractivity contribution is -0.138. The van der Waals surface area contributed by atoms with Crippen LogP contribution in [0.3, 0.4) is 0 Å². The lowest BCUT2D eigenvalue weighted by Crippen LogP contribution is -2.66. The highest BCUT2D eigenvalue weighted by Crippen LogP contribution is 2.30. The molecule has 0 radical (unpaired) electrons. The van der Waals surface area contributed by atoms with Crippen LogP contribution < -0.4 is 5.73 Å². The maximum atomic E-state index is 13.7. The van der Waals surface area contributed by atoms with Crippen LogP contribution in [0.4, 0.5) is 10.5 Å². The number of hydrogen-bond acceptors (Lipinski definition) is 6. The Morgan fingerprint density at radius 3 is 2.29 bits per heavy atom. The highest BCUT2D eigenvalue weighted by atomic mass is 16.2. The Morgan fingerprint density at radius 2 is 1.63 bits per heavy atom. The SMILES string of the molecule is CCCN1C(=O)C2C(N=C(Cc3ccccc3)N2CCN(C)C)N(CCc2ccc(N)cc2)C1=O. The summed E-state index contributed by atoms with van der Waals surface area (Å²) < 4.78 is 0. The summed E-state index contributed by atoms with van der Waals surface area (Å²) in [6.07, 6.45) is 1.50. The topological polar surface area (TPSA) is 85.5 Å². The molecule has 4 rings (SSSR count). The number of amides is 3. The number of likely N-dealkylation sites (N-methyl/N-ethyl adjacent to an activating group) is 1. The fourth-order valence-corrected chi connectivity index (χ4v) is 4.73. The van der Waals surface area contributed by atoms with Gasteiger partial charge < -0.3 is 15.5 Å². The van der Waals surface area contributed by atoms with Crippen molar-refractivity contribution in [3.05, 3.63) is 65.7 Å². The van der Waals surface area contributed by atoms with E-state index >= 15 is 0 Å². The van der Waals surface area contributed by atoms with Gasteiger partial charge >= 0.3 is 6.03 Å². The standard InChI is InChI=1S/C27H36N6O2/c1-4-15-33-26(34)24-25(32(27(33)35)16-14-20-10-12-22(28)13-11-20)29-23(31(24)18-17-30(2)3)19-21-8-6-5-7-9-21/h5-13,24-25H,4,14-19,28H2,1-3H3. The molecule has 8 nitrogen and oxygen atoms in total. The van der Waals surface area contributed by atoms with E-state index < -0.39 is 12.2 Å². The third-order valence-electron chi connectivity index (χ3n) is 6.61. The molecule has 2 aromatic carbocycles. The first-order chi connectivity index (χ1) is 16.9. The van der Waals surface area contributed by atoms with E-state index in [0.717, 1.165) is 29.9 Å². The monoisotopic (exact) mass is 476 g/mol. The number of aliphatic imine (C=N–C) groups is 1. The van der Waals surface area contributed by atoms with E-state index in [9.17, 15) is 9.59 Å². The van der Waals surface area contributed by atoms with Crippen LogP contribution in [0.1, 0.15) is 24.5 Å². The number of hydrogen-bond donors (Lipinski definition) is 1. The van der Waals surface area contributed by atoms with Gasteiger partial charge in [0.25, 0.3) is 5.91 Å². The number of nitrogens with two attached hydrogens (primary N) is 1. The molecule has 2 aromatic rings. The molecule has 0 saturated carbocycles. The van der Waals surface area contributed by atoms with Gasteiger partial charge in [-0.25, -0.2) is 9.79 Å². The molecule has 1 fully saturated rings. The van der Waals surface area contributed by atoms with Crippen molar-refractivity contribution in [1.82, 2.24) is 19.6 Å². The van der Waals surface area contributed by atoms with Gasteiger partial charge in [-0.15, -0.1) is 0 Å². The van der Waals surface area contributed by atoms with E-state index in [0.29, 0.717) is 38.2 Å². The summed E-state index contributed by atoms with van der Waals surface area (Å²) in [7, 11) is 4.05. The number of amidine groups is 1. The number of fused-ring (bicyclic) bond motifs is 1. The molecular weight excluding hydrogens is 440 g/mol. The quantitative estimate of drug-likeness (QED) is 0.533. The van der Waals surface area contributed by atoms with Crippen LogP contribution in [0.15, 0.2) is 59.6 Å². The van der Waals surface area contributed by atoms with Crippen molar-refractivity contribution in [2.75, 3.05) is 46.0 Å². The molecule has 3 amide bonds. The number of nitrogens with zero attached hydrogens (tertiary/aromatic N) is 5. The minimum Gasteiger partial charge on any atom is -0.399 e. The van der Waals surface area contributed by atoms with Gasteiger partial charge in [-0.05, 0) is 50.2 Å². The lowest BCUT2D eigenvalue weighted by Gasteiger charge is -2.43. The second-order valence-corrected chi connectivity index (χ2v) is 9.52. The maximum absolute atomic E-state index is 13.7. The van der Waals surface area contributed by atoms with E-state index in [-0.39, 0.29) is 11.9 Å². The molecule has 2 heterocycles. The summed E-state index contributed by atoms with van der Waals surface area (Å²) in [6.45, 7) is 4.35.